The summed E-state index contributed by atoms with van der Waals surface area (Å²) in [5.41, 5.74) is 3.88. The third-order valence-electron chi connectivity index (χ3n) is 4.04. The Morgan fingerprint density at radius 1 is 1.44 bits per heavy atom. The monoisotopic (exact) mass is 310 g/mol. The fraction of sp³-hybridized carbons (Fsp3) is 0.533. The molecule has 0 amide bonds. The highest BCUT2D eigenvalue weighted by molar-refractivity contribution is 9.10. The summed E-state index contributed by atoms with van der Waals surface area (Å²) in [4.78, 5) is 10.8. The van der Waals surface area contributed by atoms with Crippen LogP contribution in [0.15, 0.2) is 16.6 Å². The molecule has 3 unspecified atom stereocenters. The lowest BCUT2D eigenvalue weighted by Crippen LogP contribution is -2.03. The van der Waals surface area contributed by atoms with Gasteiger partial charge in [-0.05, 0) is 61.3 Å². The van der Waals surface area contributed by atoms with Crippen molar-refractivity contribution in [1.29, 1.82) is 0 Å². The summed E-state index contributed by atoms with van der Waals surface area (Å²) in [6, 6.07) is 4.38. The standard InChI is InChI=1S/C15H19BrO2/c1-8-5-12(14(16)6-9(8)2)10(3)4-11-7-13(11)15(17)18/h5-6,10-11,13H,4,7H2,1-3H3,(H,17,18). The Morgan fingerprint density at radius 2 is 2.06 bits per heavy atom. The highest BCUT2D eigenvalue weighted by atomic mass is 79.9. The first-order valence-electron chi connectivity index (χ1n) is 6.39. The van der Waals surface area contributed by atoms with E-state index < -0.39 is 5.97 Å². The number of carbonyl (C=O) groups is 1. The molecule has 0 radical (unpaired) electrons. The van der Waals surface area contributed by atoms with Crippen LogP contribution >= 0.6 is 15.9 Å². The minimum Gasteiger partial charge on any atom is -0.481 e. The largest absolute Gasteiger partial charge is 0.481 e. The fourth-order valence-electron chi connectivity index (χ4n) is 2.57. The molecule has 1 fully saturated rings. The minimum atomic E-state index is -0.633. The van der Waals surface area contributed by atoms with Crippen LogP contribution in [0.25, 0.3) is 0 Å². The molecule has 0 heterocycles. The number of hydrogen-bond donors (Lipinski definition) is 1. The van der Waals surface area contributed by atoms with Crippen molar-refractivity contribution in [3.63, 3.8) is 0 Å². The third kappa shape index (κ3) is 2.77. The zero-order valence-corrected chi connectivity index (χ0v) is 12.6. The van der Waals surface area contributed by atoms with Crippen molar-refractivity contribution >= 4 is 21.9 Å². The van der Waals surface area contributed by atoms with E-state index in [9.17, 15) is 4.79 Å². The third-order valence-corrected chi connectivity index (χ3v) is 4.73. The number of carboxylic acid groups (broad SMARTS) is 1. The summed E-state index contributed by atoms with van der Waals surface area (Å²) in [5, 5.41) is 8.93. The van der Waals surface area contributed by atoms with Crippen molar-refractivity contribution in [2.75, 3.05) is 0 Å². The highest BCUT2D eigenvalue weighted by Crippen LogP contribution is 2.46. The van der Waals surface area contributed by atoms with E-state index >= 15 is 0 Å². The number of aliphatic carboxylic acids is 1. The van der Waals surface area contributed by atoms with Crippen molar-refractivity contribution < 1.29 is 9.90 Å². The van der Waals surface area contributed by atoms with Crippen LogP contribution in [0.5, 0.6) is 0 Å². The Hall–Kier alpha value is -0.830. The molecule has 1 saturated carbocycles. The molecule has 2 rings (SSSR count). The van der Waals surface area contributed by atoms with E-state index in [4.69, 9.17) is 5.11 Å². The SMILES string of the molecule is Cc1cc(Br)c(C(C)CC2CC2C(=O)O)cc1C. The Bertz CT molecular complexity index is 482. The Morgan fingerprint density at radius 3 is 2.61 bits per heavy atom. The van der Waals surface area contributed by atoms with Gasteiger partial charge in [0, 0.05) is 4.47 Å². The average molecular weight is 311 g/mol. The minimum absolute atomic E-state index is 0.0993. The molecule has 1 aliphatic carbocycles. The fourth-order valence-corrected chi connectivity index (χ4v) is 3.42. The maximum absolute atomic E-state index is 10.8. The van der Waals surface area contributed by atoms with Crippen molar-refractivity contribution in [3.8, 4) is 0 Å². The lowest BCUT2D eigenvalue weighted by Gasteiger charge is -2.15. The summed E-state index contributed by atoms with van der Waals surface area (Å²) in [6.45, 7) is 6.41. The van der Waals surface area contributed by atoms with Crippen molar-refractivity contribution in [3.05, 3.63) is 33.3 Å². The normalized spacial score (nSPS) is 23.8. The van der Waals surface area contributed by atoms with Crippen LogP contribution in [0, 0.1) is 25.7 Å². The average Bonchev–Trinajstić information content (AvgIpc) is 3.02. The van der Waals surface area contributed by atoms with Crippen molar-refractivity contribution in [1.82, 2.24) is 0 Å². The lowest BCUT2D eigenvalue weighted by atomic mass is 9.92. The number of halogens is 1. The van der Waals surface area contributed by atoms with E-state index in [2.05, 4.69) is 48.8 Å². The summed E-state index contributed by atoms with van der Waals surface area (Å²) in [5.74, 6) is 0.0446. The molecule has 0 spiro atoms. The van der Waals surface area contributed by atoms with Crippen LogP contribution < -0.4 is 0 Å². The zero-order valence-electron chi connectivity index (χ0n) is 11.0. The molecular weight excluding hydrogens is 292 g/mol. The second-order valence-electron chi connectivity index (χ2n) is 5.54. The van der Waals surface area contributed by atoms with Gasteiger partial charge >= 0.3 is 5.97 Å². The van der Waals surface area contributed by atoms with Gasteiger partial charge in [-0.1, -0.05) is 28.9 Å². The maximum Gasteiger partial charge on any atom is 0.306 e. The quantitative estimate of drug-likeness (QED) is 0.901. The van der Waals surface area contributed by atoms with Crippen LogP contribution in [0.2, 0.25) is 0 Å². The summed E-state index contributed by atoms with van der Waals surface area (Å²) in [7, 11) is 0. The number of hydrogen-bond acceptors (Lipinski definition) is 1. The van der Waals surface area contributed by atoms with E-state index in [0.29, 0.717) is 11.8 Å². The second-order valence-corrected chi connectivity index (χ2v) is 6.39. The van der Waals surface area contributed by atoms with Gasteiger partial charge in [-0.2, -0.15) is 0 Å². The topological polar surface area (TPSA) is 37.3 Å². The molecule has 18 heavy (non-hydrogen) atoms. The van der Waals surface area contributed by atoms with E-state index in [1.54, 1.807) is 0 Å². The first-order chi connectivity index (χ1) is 8.40. The molecule has 1 aliphatic rings. The molecule has 98 valence electrons. The first-order valence-corrected chi connectivity index (χ1v) is 7.19. The Balaban J connectivity index is 2.08. The predicted octanol–water partition coefficient (Wildman–Crippen LogP) is 4.28. The predicted molar refractivity (Wildman–Crippen MR) is 75.9 cm³/mol. The van der Waals surface area contributed by atoms with Gasteiger partial charge in [-0.25, -0.2) is 0 Å². The van der Waals surface area contributed by atoms with Gasteiger partial charge in [-0.15, -0.1) is 0 Å². The molecule has 1 N–H and O–H groups in total. The van der Waals surface area contributed by atoms with Crippen LogP contribution in [0.4, 0.5) is 0 Å². The molecule has 3 atom stereocenters. The van der Waals surface area contributed by atoms with Gasteiger partial charge in [0.25, 0.3) is 0 Å². The molecule has 1 aromatic rings. The van der Waals surface area contributed by atoms with Gasteiger partial charge in [0.2, 0.25) is 0 Å². The van der Waals surface area contributed by atoms with Crippen LogP contribution in [-0.4, -0.2) is 11.1 Å². The summed E-state index contributed by atoms with van der Waals surface area (Å²) in [6.07, 6.45) is 1.82. The van der Waals surface area contributed by atoms with Gasteiger partial charge < -0.3 is 5.11 Å². The molecule has 3 heteroatoms. The highest BCUT2D eigenvalue weighted by Gasteiger charge is 2.43. The molecule has 0 bridgehead atoms. The lowest BCUT2D eigenvalue weighted by molar-refractivity contribution is -0.138. The van der Waals surface area contributed by atoms with Crippen LogP contribution in [0.1, 0.15) is 42.4 Å². The Kier molecular flexibility index (Phi) is 3.81. The van der Waals surface area contributed by atoms with Crippen molar-refractivity contribution in [2.24, 2.45) is 11.8 Å². The van der Waals surface area contributed by atoms with Crippen LogP contribution in [0.3, 0.4) is 0 Å². The van der Waals surface area contributed by atoms with Gasteiger partial charge in [-0.3, -0.25) is 4.79 Å². The van der Waals surface area contributed by atoms with Crippen LogP contribution in [-0.2, 0) is 4.79 Å². The van der Waals surface area contributed by atoms with Crippen molar-refractivity contribution in [2.45, 2.75) is 39.5 Å². The first kappa shape index (κ1) is 13.6. The number of aryl methyl sites for hydroxylation is 2. The maximum atomic E-state index is 10.8. The van der Waals surface area contributed by atoms with Gasteiger partial charge in [0.05, 0.1) is 5.92 Å². The van der Waals surface area contributed by atoms with E-state index in [-0.39, 0.29) is 5.92 Å². The molecular formula is C15H19BrO2. The van der Waals surface area contributed by atoms with Gasteiger partial charge in [0.15, 0.2) is 0 Å². The smallest absolute Gasteiger partial charge is 0.306 e. The number of rotatable bonds is 4. The molecule has 0 aromatic heterocycles. The molecule has 1 aromatic carbocycles. The van der Waals surface area contributed by atoms with E-state index in [0.717, 1.165) is 17.3 Å². The Labute approximate surface area is 117 Å². The molecule has 2 nitrogen and oxygen atoms in total. The van der Waals surface area contributed by atoms with Gasteiger partial charge in [0.1, 0.15) is 0 Å². The molecule has 0 saturated heterocycles. The number of benzene rings is 1. The zero-order chi connectivity index (χ0) is 13.4. The molecule has 0 aliphatic heterocycles. The van der Waals surface area contributed by atoms with E-state index in [1.807, 2.05) is 0 Å². The summed E-state index contributed by atoms with van der Waals surface area (Å²) >= 11 is 3.62. The van der Waals surface area contributed by atoms with E-state index in [1.165, 1.54) is 16.7 Å². The number of carboxylic acids is 1. The second kappa shape index (κ2) is 5.04. The summed E-state index contributed by atoms with van der Waals surface area (Å²) < 4.78 is 1.14.